The van der Waals surface area contributed by atoms with Crippen molar-refractivity contribution in [3.8, 4) is 0 Å². The fourth-order valence-electron chi connectivity index (χ4n) is 1.60. The molecule has 5 nitrogen and oxygen atoms in total. The number of rotatable bonds is 3. The Morgan fingerprint density at radius 1 is 1.30 bits per heavy atom. The number of sulfonamides is 1. The van der Waals surface area contributed by atoms with Gasteiger partial charge in [-0.1, -0.05) is 0 Å². The highest BCUT2D eigenvalue weighted by Gasteiger charge is 2.31. The second-order valence-electron chi connectivity index (χ2n) is 4.36. The van der Waals surface area contributed by atoms with Gasteiger partial charge in [-0.2, -0.15) is 13.2 Å². The van der Waals surface area contributed by atoms with E-state index in [0.717, 1.165) is 13.1 Å². The molecule has 9 heteroatoms. The van der Waals surface area contributed by atoms with E-state index in [9.17, 15) is 26.4 Å². The molecule has 0 saturated heterocycles. The second kappa shape index (κ2) is 5.41. The van der Waals surface area contributed by atoms with Gasteiger partial charge < -0.3 is 4.90 Å². The lowest BCUT2D eigenvalue weighted by atomic mass is 10.1. The quantitative estimate of drug-likeness (QED) is 0.913. The van der Waals surface area contributed by atoms with Gasteiger partial charge in [0.25, 0.3) is 5.91 Å². The average Bonchev–Trinajstić information content (AvgIpc) is 2.23. The van der Waals surface area contributed by atoms with Crippen LogP contribution in [0, 0.1) is 6.92 Å². The highest BCUT2D eigenvalue weighted by atomic mass is 32.2. The summed E-state index contributed by atoms with van der Waals surface area (Å²) in [4.78, 5) is 12.0. The number of primary sulfonamides is 1. The van der Waals surface area contributed by atoms with Crippen molar-refractivity contribution in [2.45, 2.75) is 18.0 Å². The van der Waals surface area contributed by atoms with Crippen LogP contribution >= 0.6 is 0 Å². The van der Waals surface area contributed by atoms with Crippen LogP contribution in [0.1, 0.15) is 15.9 Å². The molecule has 0 saturated carbocycles. The van der Waals surface area contributed by atoms with Gasteiger partial charge in [0.05, 0.1) is 4.90 Å². The van der Waals surface area contributed by atoms with Crippen molar-refractivity contribution in [2.24, 2.45) is 5.14 Å². The van der Waals surface area contributed by atoms with Crippen LogP contribution in [-0.2, 0) is 10.0 Å². The maximum Gasteiger partial charge on any atom is 0.406 e. The van der Waals surface area contributed by atoms with Crippen molar-refractivity contribution in [3.05, 3.63) is 29.3 Å². The predicted octanol–water partition coefficient (Wildman–Crippen LogP) is 1.28. The van der Waals surface area contributed by atoms with Gasteiger partial charge in [0, 0.05) is 12.6 Å². The molecule has 0 heterocycles. The molecule has 2 N–H and O–H groups in total. The topological polar surface area (TPSA) is 80.5 Å². The number of hydrogen-bond acceptors (Lipinski definition) is 3. The molecule has 112 valence electrons. The summed E-state index contributed by atoms with van der Waals surface area (Å²) < 4.78 is 59.1. The lowest BCUT2D eigenvalue weighted by molar-refractivity contribution is -0.138. The second-order valence-corrected chi connectivity index (χ2v) is 5.92. The van der Waals surface area contributed by atoms with Gasteiger partial charge in [-0.25, -0.2) is 13.6 Å². The molecule has 0 fully saturated rings. The fourth-order valence-corrected chi connectivity index (χ4v) is 2.24. The number of nitrogens with zero attached hydrogens (tertiary/aromatic N) is 1. The van der Waals surface area contributed by atoms with E-state index in [1.54, 1.807) is 0 Å². The third kappa shape index (κ3) is 4.49. The summed E-state index contributed by atoms with van der Waals surface area (Å²) in [5, 5.41) is 4.94. The first kappa shape index (κ1) is 16.4. The van der Waals surface area contributed by atoms with E-state index in [1.807, 2.05) is 0 Å². The first-order valence-electron chi connectivity index (χ1n) is 5.37. The lowest BCUT2D eigenvalue weighted by Crippen LogP contribution is -2.36. The number of benzene rings is 1. The van der Waals surface area contributed by atoms with E-state index < -0.39 is 28.7 Å². The predicted molar refractivity (Wildman–Crippen MR) is 65.6 cm³/mol. The van der Waals surface area contributed by atoms with Crippen molar-refractivity contribution in [1.82, 2.24) is 4.90 Å². The summed E-state index contributed by atoms with van der Waals surface area (Å²) >= 11 is 0. The maximum atomic E-state index is 12.2. The highest BCUT2D eigenvalue weighted by molar-refractivity contribution is 7.89. The summed E-state index contributed by atoms with van der Waals surface area (Å²) in [6.07, 6.45) is -4.53. The molecule has 0 aromatic heterocycles. The van der Waals surface area contributed by atoms with Crippen LogP contribution in [0.2, 0.25) is 0 Å². The standard InChI is InChI=1S/C11H13F3N2O3S/c1-7-3-8(5-9(4-7)20(15,18)19)10(17)16(2)6-11(12,13)14/h3-5H,6H2,1-2H3,(H2,15,18,19). The molecule has 0 aliphatic carbocycles. The third-order valence-electron chi connectivity index (χ3n) is 2.39. The van der Waals surface area contributed by atoms with Crippen molar-refractivity contribution >= 4 is 15.9 Å². The molecule has 0 aliphatic rings. The zero-order valence-corrected chi connectivity index (χ0v) is 11.5. The van der Waals surface area contributed by atoms with Gasteiger partial charge in [-0.15, -0.1) is 0 Å². The Morgan fingerprint density at radius 2 is 1.85 bits per heavy atom. The average molecular weight is 310 g/mol. The van der Waals surface area contributed by atoms with Gasteiger partial charge in [0.2, 0.25) is 10.0 Å². The van der Waals surface area contributed by atoms with Gasteiger partial charge in [0.1, 0.15) is 6.54 Å². The molecule has 20 heavy (non-hydrogen) atoms. The molecule has 0 radical (unpaired) electrons. The van der Waals surface area contributed by atoms with Gasteiger partial charge in [0.15, 0.2) is 0 Å². The van der Waals surface area contributed by atoms with Crippen molar-refractivity contribution < 1.29 is 26.4 Å². The number of amides is 1. The number of alkyl halides is 3. The van der Waals surface area contributed by atoms with Gasteiger partial charge >= 0.3 is 6.18 Å². The minimum Gasteiger partial charge on any atom is -0.333 e. The van der Waals surface area contributed by atoms with Crippen LogP contribution in [0.15, 0.2) is 23.1 Å². The Kier molecular flexibility index (Phi) is 4.45. The Morgan fingerprint density at radius 3 is 2.30 bits per heavy atom. The molecule has 1 aromatic carbocycles. The lowest BCUT2D eigenvalue weighted by Gasteiger charge is -2.19. The molecule has 1 amide bonds. The summed E-state index contributed by atoms with van der Waals surface area (Å²) in [5.41, 5.74) is 0.237. The zero-order valence-electron chi connectivity index (χ0n) is 10.7. The van der Waals surface area contributed by atoms with E-state index >= 15 is 0 Å². The van der Waals surface area contributed by atoms with Crippen LogP contribution in [0.4, 0.5) is 13.2 Å². The Hall–Kier alpha value is -1.61. The number of aryl methyl sites for hydroxylation is 1. The monoisotopic (exact) mass is 310 g/mol. The summed E-state index contributed by atoms with van der Waals surface area (Å²) in [6, 6.07) is 3.48. The van der Waals surface area contributed by atoms with E-state index in [2.05, 4.69) is 0 Å². The summed E-state index contributed by atoms with van der Waals surface area (Å²) in [5.74, 6) is -0.934. The molecule has 0 atom stereocenters. The minimum absolute atomic E-state index is 0.166. The molecule has 0 bridgehead atoms. The van der Waals surface area contributed by atoms with E-state index in [4.69, 9.17) is 5.14 Å². The smallest absolute Gasteiger partial charge is 0.333 e. The molecule has 1 rings (SSSR count). The molecule has 0 aliphatic heterocycles. The molecular weight excluding hydrogens is 297 g/mol. The van der Waals surface area contributed by atoms with E-state index in [-0.39, 0.29) is 10.5 Å². The zero-order chi connectivity index (χ0) is 15.7. The number of carbonyl (C=O) groups is 1. The van der Waals surface area contributed by atoms with Crippen LogP contribution in [0.3, 0.4) is 0 Å². The van der Waals surface area contributed by atoms with Crippen molar-refractivity contribution in [3.63, 3.8) is 0 Å². The number of nitrogens with two attached hydrogens (primary N) is 1. The number of carbonyl (C=O) groups excluding carboxylic acids is 1. The maximum absolute atomic E-state index is 12.2. The molecule has 0 unspecified atom stereocenters. The highest BCUT2D eigenvalue weighted by Crippen LogP contribution is 2.19. The normalized spacial score (nSPS) is 12.3. The minimum atomic E-state index is -4.53. The first-order valence-corrected chi connectivity index (χ1v) is 6.91. The van der Waals surface area contributed by atoms with Crippen molar-refractivity contribution in [1.29, 1.82) is 0 Å². The van der Waals surface area contributed by atoms with E-state index in [1.165, 1.54) is 19.1 Å². The number of hydrogen-bond donors (Lipinski definition) is 1. The third-order valence-corrected chi connectivity index (χ3v) is 3.28. The first-order chi connectivity index (χ1) is 8.90. The molecule has 0 spiro atoms. The Balaban J connectivity index is 3.14. The molecule has 1 aromatic rings. The Labute approximate surface area is 114 Å². The van der Waals surface area contributed by atoms with Crippen LogP contribution in [0.25, 0.3) is 0 Å². The van der Waals surface area contributed by atoms with Crippen molar-refractivity contribution in [2.75, 3.05) is 13.6 Å². The van der Waals surface area contributed by atoms with E-state index in [0.29, 0.717) is 10.5 Å². The molecular formula is C11H13F3N2O3S. The van der Waals surface area contributed by atoms with Crippen LogP contribution in [0.5, 0.6) is 0 Å². The largest absolute Gasteiger partial charge is 0.406 e. The summed E-state index contributed by atoms with van der Waals surface area (Å²) in [6.45, 7) is 0.0830. The number of halogens is 3. The van der Waals surface area contributed by atoms with Gasteiger partial charge in [-0.3, -0.25) is 4.79 Å². The summed E-state index contributed by atoms with van der Waals surface area (Å²) in [7, 11) is -3.05. The Bertz CT molecular complexity index is 626. The van der Waals surface area contributed by atoms with Gasteiger partial charge in [-0.05, 0) is 30.7 Å². The van der Waals surface area contributed by atoms with Crippen LogP contribution in [-0.4, -0.2) is 39.0 Å². The van der Waals surface area contributed by atoms with Crippen LogP contribution < -0.4 is 5.14 Å². The SMILES string of the molecule is Cc1cc(C(=O)N(C)CC(F)(F)F)cc(S(N)(=O)=O)c1. The fraction of sp³-hybridized carbons (Fsp3) is 0.364.